The van der Waals surface area contributed by atoms with Gasteiger partial charge in [0, 0.05) is 15.5 Å². The summed E-state index contributed by atoms with van der Waals surface area (Å²) in [4.78, 5) is 1.23. The maximum atomic E-state index is 11.5. The van der Waals surface area contributed by atoms with Crippen LogP contribution in [-0.4, -0.2) is 8.42 Å². The van der Waals surface area contributed by atoms with Gasteiger partial charge in [-0.05, 0) is 35.5 Å². The zero-order valence-corrected chi connectivity index (χ0v) is 13.3. The van der Waals surface area contributed by atoms with Gasteiger partial charge in [0.15, 0.2) is 0 Å². The lowest BCUT2D eigenvalue weighted by molar-refractivity contribution is 0.597. The highest BCUT2D eigenvalue weighted by atomic mass is 35.5. The first-order valence-electron chi connectivity index (χ1n) is 5.39. The zero-order chi connectivity index (χ0) is 14.9. The lowest BCUT2D eigenvalue weighted by Crippen LogP contribution is -2.14. The molecule has 4 nitrogen and oxygen atoms in total. The van der Waals surface area contributed by atoms with Gasteiger partial charge in [0.25, 0.3) is 0 Å². The van der Waals surface area contributed by atoms with Gasteiger partial charge < -0.3 is 5.73 Å². The van der Waals surface area contributed by atoms with Gasteiger partial charge >= 0.3 is 0 Å². The Labute approximate surface area is 129 Å². The summed E-state index contributed by atoms with van der Waals surface area (Å²) in [7, 11) is -4.70. The highest BCUT2D eigenvalue weighted by molar-refractivity contribution is 8.29. The summed E-state index contributed by atoms with van der Waals surface area (Å²) in [6.07, 6.45) is 0. The Kier molecular flexibility index (Phi) is 4.46. The van der Waals surface area contributed by atoms with E-state index in [0.717, 1.165) is 4.90 Å². The van der Waals surface area contributed by atoms with Crippen LogP contribution in [-0.2, 0) is 30.7 Å². The molecule has 0 aliphatic rings. The van der Waals surface area contributed by atoms with Crippen LogP contribution in [0.1, 0.15) is 0 Å². The van der Waals surface area contributed by atoms with Crippen LogP contribution >= 0.6 is 11.6 Å². The number of nitrogen functional groups attached to an aromatic ring is 1. The third kappa shape index (κ3) is 3.18. The van der Waals surface area contributed by atoms with Crippen molar-refractivity contribution in [3.8, 4) is 0 Å². The topological polar surface area (TPSA) is 86.2 Å². The maximum Gasteiger partial charge on any atom is 0.239 e. The van der Waals surface area contributed by atoms with Crippen molar-refractivity contribution in [3.63, 3.8) is 0 Å². The first-order valence-corrected chi connectivity index (χ1v) is 9.47. The Morgan fingerprint density at radius 3 is 2.30 bits per heavy atom. The van der Waals surface area contributed by atoms with Gasteiger partial charge in [-0.3, -0.25) is 0 Å². The van der Waals surface area contributed by atoms with Crippen molar-refractivity contribution >= 4 is 48.0 Å². The van der Waals surface area contributed by atoms with Crippen molar-refractivity contribution in [2.45, 2.75) is 14.7 Å². The fourth-order valence-corrected chi connectivity index (χ4v) is 4.70. The van der Waals surface area contributed by atoms with Gasteiger partial charge in [-0.2, -0.15) is 0 Å². The molecule has 0 aromatic heterocycles. The van der Waals surface area contributed by atoms with Gasteiger partial charge in [-0.25, -0.2) is 13.6 Å². The zero-order valence-electron chi connectivity index (χ0n) is 10.1. The predicted octanol–water partition coefficient (Wildman–Crippen LogP) is 2.07. The quantitative estimate of drug-likeness (QED) is 0.833. The van der Waals surface area contributed by atoms with Crippen LogP contribution in [0.2, 0.25) is 5.02 Å². The summed E-state index contributed by atoms with van der Waals surface area (Å²) >= 11 is 11.3. The number of hydrogen-bond donors (Lipinski definition) is 2. The normalized spacial score (nSPS) is 13.1. The fraction of sp³-hybridized carbons (Fsp3) is 0. The molecule has 2 aromatic rings. The third-order valence-electron chi connectivity index (χ3n) is 2.53. The van der Waals surface area contributed by atoms with Crippen LogP contribution in [0.3, 0.4) is 0 Å². The molecule has 0 bridgehead atoms. The van der Waals surface area contributed by atoms with Gasteiger partial charge in [0.1, 0.15) is 4.90 Å². The molecule has 2 rings (SSSR count). The van der Waals surface area contributed by atoms with E-state index in [1.54, 1.807) is 0 Å². The lowest BCUT2D eigenvalue weighted by atomic mass is 10.3. The smallest absolute Gasteiger partial charge is 0.239 e. The van der Waals surface area contributed by atoms with Crippen LogP contribution in [0.4, 0.5) is 5.69 Å². The van der Waals surface area contributed by atoms with E-state index in [2.05, 4.69) is 0 Å². The summed E-state index contributed by atoms with van der Waals surface area (Å²) in [6, 6.07) is 12.0. The molecule has 0 amide bonds. The number of primary sulfonamides is 1. The molecular formula is C12H11ClN2O2S3. The minimum Gasteiger partial charge on any atom is -0.398 e. The molecule has 20 heavy (non-hydrogen) atoms. The Morgan fingerprint density at radius 2 is 1.75 bits per heavy atom. The van der Waals surface area contributed by atoms with E-state index >= 15 is 0 Å². The summed E-state index contributed by atoms with van der Waals surface area (Å²) < 4.78 is 23.0. The molecule has 8 heteroatoms. The molecular weight excluding hydrogens is 336 g/mol. The summed E-state index contributed by atoms with van der Waals surface area (Å²) in [5.74, 6) is 0. The van der Waals surface area contributed by atoms with Crippen LogP contribution in [0, 0.1) is 0 Å². The number of rotatable bonds is 3. The molecule has 0 aliphatic carbocycles. The first kappa shape index (κ1) is 15.4. The first-order chi connectivity index (χ1) is 9.30. The van der Waals surface area contributed by atoms with E-state index in [0.29, 0.717) is 10.6 Å². The lowest BCUT2D eigenvalue weighted by Gasteiger charge is -2.12. The van der Waals surface area contributed by atoms with Crippen molar-refractivity contribution in [2.75, 3.05) is 5.73 Å². The highest BCUT2D eigenvalue weighted by Crippen LogP contribution is 2.30. The number of sulfonamides is 1. The Hall–Kier alpha value is -0.990. The third-order valence-corrected chi connectivity index (χ3v) is 6.47. The fourth-order valence-electron chi connectivity index (χ4n) is 1.60. The molecule has 0 heterocycles. The second-order valence-electron chi connectivity index (χ2n) is 3.95. The van der Waals surface area contributed by atoms with Crippen molar-refractivity contribution < 1.29 is 8.42 Å². The maximum absolute atomic E-state index is 11.5. The summed E-state index contributed by atoms with van der Waals surface area (Å²) in [5, 5.41) is 5.13. The minimum atomic E-state index is -3.92. The molecule has 1 unspecified atom stereocenters. The van der Waals surface area contributed by atoms with E-state index in [1.807, 2.05) is 30.3 Å². The molecule has 4 N–H and O–H groups in total. The standard InChI is InChI=1S/C12H11ClN2O2S3/c13-9-6-10(14)11(7-12(9)20(15,16)17)19(18)8-4-2-1-3-5-8/h1-7H,14H2,(H2,15,16,17). The van der Waals surface area contributed by atoms with E-state index < -0.39 is 19.5 Å². The number of hydrogen-bond acceptors (Lipinski definition) is 4. The SMILES string of the molecule is Nc1cc(Cl)c(S(N)(=O)=O)cc1S(=S)c1ccccc1. The second-order valence-corrected chi connectivity index (χ2v) is 8.33. The highest BCUT2D eigenvalue weighted by Gasteiger charge is 2.17. The molecule has 0 saturated heterocycles. The molecule has 0 aliphatic heterocycles. The van der Waals surface area contributed by atoms with Crippen molar-refractivity contribution in [3.05, 3.63) is 47.5 Å². The van der Waals surface area contributed by atoms with E-state index in [-0.39, 0.29) is 9.92 Å². The number of benzene rings is 2. The van der Waals surface area contributed by atoms with Gasteiger partial charge in [0.05, 0.1) is 5.02 Å². The molecule has 0 fully saturated rings. The Balaban J connectivity index is 2.61. The Bertz CT molecular complexity index is 777. The second kappa shape index (κ2) is 5.79. The average Bonchev–Trinajstić information content (AvgIpc) is 2.37. The van der Waals surface area contributed by atoms with Gasteiger partial charge in [-0.15, -0.1) is 0 Å². The van der Waals surface area contributed by atoms with Crippen molar-refractivity contribution in [2.24, 2.45) is 5.14 Å². The van der Waals surface area contributed by atoms with Crippen molar-refractivity contribution in [1.29, 1.82) is 0 Å². The van der Waals surface area contributed by atoms with Gasteiger partial charge in [-0.1, -0.05) is 39.3 Å². The molecule has 0 radical (unpaired) electrons. The van der Waals surface area contributed by atoms with Crippen LogP contribution in [0.15, 0.2) is 57.2 Å². The minimum absolute atomic E-state index is 0.00573. The molecule has 0 saturated carbocycles. The summed E-state index contributed by atoms with van der Waals surface area (Å²) in [5.41, 5.74) is 6.24. The number of anilines is 1. The predicted molar refractivity (Wildman–Crippen MR) is 84.9 cm³/mol. The van der Waals surface area contributed by atoms with Crippen LogP contribution in [0.25, 0.3) is 0 Å². The number of nitrogens with two attached hydrogens (primary N) is 2. The summed E-state index contributed by atoms with van der Waals surface area (Å²) in [6.45, 7) is 0. The number of halogens is 1. The van der Waals surface area contributed by atoms with Crippen LogP contribution in [0.5, 0.6) is 0 Å². The largest absolute Gasteiger partial charge is 0.398 e. The monoisotopic (exact) mass is 346 g/mol. The molecule has 0 spiro atoms. The van der Waals surface area contributed by atoms with E-state index in [4.69, 9.17) is 33.7 Å². The molecule has 106 valence electrons. The van der Waals surface area contributed by atoms with E-state index in [9.17, 15) is 8.42 Å². The Morgan fingerprint density at radius 1 is 1.15 bits per heavy atom. The van der Waals surface area contributed by atoms with Crippen LogP contribution < -0.4 is 10.9 Å². The van der Waals surface area contributed by atoms with E-state index in [1.165, 1.54) is 12.1 Å². The van der Waals surface area contributed by atoms with Gasteiger partial charge in [0.2, 0.25) is 10.0 Å². The average molecular weight is 347 g/mol. The molecule has 1 atom stereocenters. The molecule has 2 aromatic carbocycles. The van der Waals surface area contributed by atoms with Crippen molar-refractivity contribution in [1.82, 2.24) is 0 Å².